The van der Waals surface area contributed by atoms with Gasteiger partial charge in [-0.05, 0) is 18.9 Å². The zero-order chi connectivity index (χ0) is 14.0. The molecule has 0 spiro atoms. The molecular weight excluding hydrogens is 296 g/mol. The summed E-state index contributed by atoms with van der Waals surface area (Å²) in [6, 6.07) is 2.35. The molecule has 0 unspecified atom stereocenters. The molecule has 0 bridgehead atoms. The van der Waals surface area contributed by atoms with Gasteiger partial charge in [-0.1, -0.05) is 0 Å². The monoisotopic (exact) mass is 312 g/mol. The van der Waals surface area contributed by atoms with Crippen molar-refractivity contribution in [2.75, 3.05) is 0 Å². The summed E-state index contributed by atoms with van der Waals surface area (Å²) in [5.41, 5.74) is 0. The van der Waals surface area contributed by atoms with Gasteiger partial charge in [0.2, 0.25) is 10.0 Å². The maximum atomic E-state index is 12.1. The normalized spacial score (nSPS) is 15.6. The van der Waals surface area contributed by atoms with Crippen LogP contribution < -0.4 is 10.0 Å². The third-order valence-electron chi connectivity index (χ3n) is 3.07. The molecule has 0 radical (unpaired) electrons. The number of H-pyrrole nitrogens is 1. The summed E-state index contributed by atoms with van der Waals surface area (Å²) in [6.45, 7) is 0.907. The lowest BCUT2D eigenvalue weighted by Crippen LogP contribution is -2.23. The van der Waals surface area contributed by atoms with Crippen molar-refractivity contribution in [2.24, 2.45) is 0 Å². The molecule has 8 heteroatoms. The van der Waals surface area contributed by atoms with E-state index in [1.807, 2.05) is 0 Å². The van der Waals surface area contributed by atoms with E-state index >= 15 is 0 Å². The van der Waals surface area contributed by atoms with Gasteiger partial charge in [-0.2, -0.15) is 0 Å². The van der Waals surface area contributed by atoms with Crippen molar-refractivity contribution in [1.29, 1.82) is 0 Å². The molecule has 108 valence electrons. The summed E-state index contributed by atoms with van der Waals surface area (Å²) in [4.78, 5) is 8.20. The van der Waals surface area contributed by atoms with E-state index in [0.717, 1.165) is 11.4 Å². The summed E-state index contributed by atoms with van der Waals surface area (Å²) in [5.74, 6) is 0.597. The van der Waals surface area contributed by atoms with Crippen LogP contribution in [0.5, 0.6) is 0 Å². The quantitative estimate of drug-likeness (QED) is 0.717. The van der Waals surface area contributed by atoms with E-state index in [1.165, 1.54) is 24.2 Å². The topological polar surface area (TPSA) is 86.9 Å². The summed E-state index contributed by atoms with van der Waals surface area (Å²) in [6.07, 6.45) is 5.70. The van der Waals surface area contributed by atoms with Gasteiger partial charge in [0.15, 0.2) is 0 Å². The Labute approximate surface area is 121 Å². The molecule has 0 amide bonds. The van der Waals surface area contributed by atoms with Crippen molar-refractivity contribution in [3.05, 3.63) is 34.5 Å². The zero-order valence-electron chi connectivity index (χ0n) is 10.8. The van der Waals surface area contributed by atoms with Crippen LogP contribution >= 0.6 is 11.3 Å². The first-order valence-corrected chi connectivity index (χ1v) is 8.78. The Bertz CT molecular complexity index is 659. The summed E-state index contributed by atoms with van der Waals surface area (Å²) in [7, 11) is -3.47. The highest BCUT2D eigenvalue weighted by molar-refractivity contribution is 7.89. The molecule has 3 rings (SSSR count). The van der Waals surface area contributed by atoms with E-state index < -0.39 is 10.0 Å². The molecule has 1 saturated carbocycles. The predicted molar refractivity (Wildman–Crippen MR) is 76.8 cm³/mol. The van der Waals surface area contributed by atoms with E-state index in [4.69, 9.17) is 0 Å². The summed E-state index contributed by atoms with van der Waals surface area (Å²) >= 11 is 1.46. The SMILES string of the molecule is O=S(=O)(NCc1ncc[nH]1)c1csc(CNC2CC2)c1. The van der Waals surface area contributed by atoms with Crippen LogP contribution in [0.4, 0.5) is 0 Å². The highest BCUT2D eigenvalue weighted by atomic mass is 32.2. The van der Waals surface area contributed by atoms with E-state index in [2.05, 4.69) is 20.0 Å². The molecular formula is C12H16N4O2S2. The summed E-state index contributed by atoms with van der Waals surface area (Å²) < 4.78 is 26.8. The molecule has 2 aromatic rings. The van der Waals surface area contributed by atoms with Gasteiger partial charge in [-0.15, -0.1) is 11.3 Å². The fourth-order valence-corrected chi connectivity index (χ4v) is 3.98. The van der Waals surface area contributed by atoms with Crippen molar-refractivity contribution in [1.82, 2.24) is 20.0 Å². The first kappa shape index (κ1) is 13.7. The van der Waals surface area contributed by atoms with Crippen LogP contribution in [0.3, 0.4) is 0 Å². The Morgan fingerprint density at radius 3 is 2.95 bits per heavy atom. The number of nitrogens with one attached hydrogen (secondary N) is 3. The van der Waals surface area contributed by atoms with Gasteiger partial charge in [0.25, 0.3) is 0 Å². The lowest BCUT2D eigenvalue weighted by molar-refractivity contribution is 0.580. The second-order valence-electron chi connectivity index (χ2n) is 4.76. The van der Waals surface area contributed by atoms with Crippen LogP contribution in [0.1, 0.15) is 23.5 Å². The Morgan fingerprint density at radius 1 is 1.40 bits per heavy atom. The van der Waals surface area contributed by atoms with Gasteiger partial charge < -0.3 is 10.3 Å². The molecule has 6 nitrogen and oxygen atoms in total. The number of hydrogen-bond acceptors (Lipinski definition) is 5. The van der Waals surface area contributed by atoms with Crippen molar-refractivity contribution in [2.45, 2.75) is 36.9 Å². The molecule has 1 aliphatic carbocycles. The molecule has 20 heavy (non-hydrogen) atoms. The van der Waals surface area contributed by atoms with Crippen LogP contribution in [-0.4, -0.2) is 24.4 Å². The van der Waals surface area contributed by atoms with Crippen molar-refractivity contribution in [3.8, 4) is 0 Å². The lowest BCUT2D eigenvalue weighted by Gasteiger charge is -2.02. The average molecular weight is 312 g/mol. The van der Waals surface area contributed by atoms with Gasteiger partial charge in [0.1, 0.15) is 5.82 Å². The highest BCUT2D eigenvalue weighted by Crippen LogP contribution is 2.22. The largest absolute Gasteiger partial charge is 0.347 e. The number of hydrogen-bond donors (Lipinski definition) is 3. The fraction of sp³-hybridized carbons (Fsp3) is 0.417. The van der Waals surface area contributed by atoms with Crippen LogP contribution in [0.25, 0.3) is 0 Å². The highest BCUT2D eigenvalue weighted by Gasteiger charge is 2.21. The summed E-state index contributed by atoms with van der Waals surface area (Å²) in [5, 5.41) is 5.05. The first-order chi connectivity index (χ1) is 9.63. The molecule has 0 aliphatic heterocycles. The van der Waals surface area contributed by atoms with Crippen LogP contribution in [0, 0.1) is 0 Å². The molecule has 0 saturated heterocycles. The van der Waals surface area contributed by atoms with E-state index in [9.17, 15) is 8.42 Å². The minimum atomic E-state index is -3.47. The number of nitrogens with zero attached hydrogens (tertiary/aromatic N) is 1. The second kappa shape index (κ2) is 5.65. The molecule has 2 aromatic heterocycles. The minimum Gasteiger partial charge on any atom is -0.347 e. The lowest BCUT2D eigenvalue weighted by atomic mass is 10.4. The number of thiophene rings is 1. The Kier molecular flexibility index (Phi) is 3.88. The second-order valence-corrected chi connectivity index (χ2v) is 7.53. The minimum absolute atomic E-state index is 0.167. The van der Waals surface area contributed by atoms with E-state index in [1.54, 1.807) is 23.8 Å². The third kappa shape index (κ3) is 3.45. The average Bonchev–Trinajstić information content (AvgIpc) is 2.94. The molecule has 3 N–H and O–H groups in total. The van der Waals surface area contributed by atoms with Crippen LogP contribution in [0.2, 0.25) is 0 Å². The number of sulfonamides is 1. The van der Waals surface area contributed by atoms with E-state index in [-0.39, 0.29) is 6.54 Å². The van der Waals surface area contributed by atoms with Gasteiger partial charge in [0, 0.05) is 35.2 Å². The predicted octanol–water partition coefficient (Wildman–Crippen LogP) is 1.20. The van der Waals surface area contributed by atoms with Crippen molar-refractivity contribution in [3.63, 3.8) is 0 Å². The van der Waals surface area contributed by atoms with Crippen molar-refractivity contribution >= 4 is 21.4 Å². The molecule has 1 fully saturated rings. The fourth-order valence-electron chi connectivity index (χ4n) is 1.77. The van der Waals surface area contributed by atoms with Gasteiger partial charge in [-0.3, -0.25) is 0 Å². The van der Waals surface area contributed by atoms with Crippen LogP contribution in [0.15, 0.2) is 28.7 Å². The molecule has 1 aliphatic rings. The number of aromatic nitrogens is 2. The molecule has 0 aromatic carbocycles. The Balaban J connectivity index is 1.61. The Morgan fingerprint density at radius 2 is 2.25 bits per heavy atom. The number of imidazole rings is 1. The van der Waals surface area contributed by atoms with Gasteiger partial charge in [0.05, 0.1) is 11.4 Å². The van der Waals surface area contributed by atoms with E-state index in [0.29, 0.717) is 16.8 Å². The standard InChI is InChI=1S/C12H16N4O2S2/c17-20(18,16-7-12-13-3-4-14-12)11-5-10(19-8-11)6-15-9-1-2-9/h3-5,8-9,15-16H,1-2,6-7H2,(H,13,14). The first-order valence-electron chi connectivity index (χ1n) is 6.42. The zero-order valence-corrected chi connectivity index (χ0v) is 12.4. The van der Waals surface area contributed by atoms with Crippen molar-refractivity contribution < 1.29 is 8.42 Å². The maximum Gasteiger partial charge on any atom is 0.241 e. The molecule has 0 atom stereocenters. The number of aromatic amines is 1. The Hall–Kier alpha value is -1.22. The van der Waals surface area contributed by atoms with Gasteiger partial charge >= 0.3 is 0 Å². The van der Waals surface area contributed by atoms with Crippen LogP contribution in [-0.2, 0) is 23.1 Å². The smallest absolute Gasteiger partial charge is 0.241 e. The molecule has 2 heterocycles. The van der Waals surface area contributed by atoms with Gasteiger partial charge in [-0.25, -0.2) is 18.1 Å². The number of rotatable bonds is 7. The maximum absolute atomic E-state index is 12.1. The third-order valence-corrected chi connectivity index (χ3v) is 5.53.